The molecule has 0 fully saturated rings. The number of rotatable bonds is 9. The third kappa shape index (κ3) is 6.26. The van der Waals surface area contributed by atoms with Crippen LogP contribution in [0.2, 0.25) is 0 Å². The molecule has 7 nitrogen and oxygen atoms in total. The van der Waals surface area contributed by atoms with E-state index in [0.717, 1.165) is 5.56 Å². The lowest BCUT2D eigenvalue weighted by molar-refractivity contribution is -0.141. The van der Waals surface area contributed by atoms with Crippen LogP contribution in [0.4, 0.5) is 8.78 Å². The largest absolute Gasteiger partial charge is 0.481 e. The number of carbonyl (C=O) groups excluding carboxylic acids is 1. The topological polar surface area (TPSA) is 94.1 Å². The maximum absolute atomic E-state index is 12.4. The van der Waals surface area contributed by atoms with E-state index < -0.39 is 24.8 Å². The maximum atomic E-state index is 12.4. The maximum Gasteiger partial charge on any atom is 0.387 e. The Labute approximate surface area is 200 Å². The summed E-state index contributed by atoms with van der Waals surface area (Å²) in [6.45, 7) is -2.51. The molecule has 0 radical (unpaired) electrons. The number of fused-ring (bicyclic) bond motifs is 1. The first kappa shape index (κ1) is 24.0. The average molecular weight is 483 g/mol. The van der Waals surface area contributed by atoms with Gasteiger partial charge in [-0.1, -0.05) is 30.3 Å². The lowest BCUT2D eigenvalue weighted by Gasteiger charge is -2.30. The van der Waals surface area contributed by atoms with Crippen molar-refractivity contribution < 1.29 is 37.7 Å². The highest BCUT2D eigenvalue weighted by Crippen LogP contribution is 2.37. The third-order valence-electron chi connectivity index (χ3n) is 5.51. The fourth-order valence-corrected chi connectivity index (χ4v) is 3.79. The summed E-state index contributed by atoms with van der Waals surface area (Å²) in [6, 6.07) is 19.7. The Bertz CT molecular complexity index is 1170. The molecule has 3 aromatic rings. The predicted molar refractivity (Wildman–Crippen MR) is 122 cm³/mol. The van der Waals surface area contributed by atoms with E-state index in [4.69, 9.17) is 9.47 Å². The SMILES string of the molecule is O=C(NCCc1ccc(OC(F)F)cc1)c1ccc(OC2CC(C(=O)O)c3ccccc3O2)cc1. The van der Waals surface area contributed by atoms with Crippen LogP contribution in [0.15, 0.2) is 72.8 Å². The van der Waals surface area contributed by atoms with Crippen LogP contribution in [0, 0.1) is 0 Å². The van der Waals surface area contributed by atoms with Crippen molar-refractivity contribution in [3.05, 3.63) is 89.5 Å². The number of benzene rings is 3. The summed E-state index contributed by atoms with van der Waals surface area (Å²) >= 11 is 0. The second-order valence-corrected chi connectivity index (χ2v) is 7.88. The minimum absolute atomic E-state index is 0.0800. The van der Waals surface area contributed by atoms with E-state index in [-0.39, 0.29) is 18.1 Å². The summed E-state index contributed by atoms with van der Waals surface area (Å²) in [5.74, 6) is -0.953. The number of carboxylic acids is 1. The Hall–Kier alpha value is -4.14. The molecule has 2 unspecified atom stereocenters. The number of halogens is 2. The number of alkyl halides is 2. The van der Waals surface area contributed by atoms with Crippen LogP contribution in [0.25, 0.3) is 0 Å². The highest BCUT2D eigenvalue weighted by Gasteiger charge is 2.34. The smallest absolute Gasteiger partial charge is 0.387 e. The molecule has 35 heavy (non-hydrogen) atoms. The van der Waals surface area contributed by atoms with Crippen LogP contribution >= 0.6 is 0 Å². The molecule has 0 aromatic heterocycles. The molecule has 9 heteroatoms. The van der Waals surface area contributed by atoms with Crippen molar-refractivity contribution in [2.75, 3.05) is 6.54 Å². The molecule has 1 aliphatic rings. The summed E-state index contributed by atoms with van der Waals surface area (Å²) in [6.07, 6.45) is -0.0973. The molecule has 1 amide bonds. The second kappa shape index (κ2) is 10.9. The fraction of sp³-hybridized carbons (Fsp3) is 0.231. The van der Waals surface area contributed by atoms with Gasteiger partial charge in [0.1, 0.15) is 17.2 Å². The van der Waals surface area contributed by atoms with Crippen molar-refractivity contribution in [2.45, 2.75) is 31.7 Å². The van der Waals surface area contributed by atoms with Crippen molar-refractivity contribution in [3.63, 3.8) is 0 Å². The zero-order valence-electron chi connectivity index (χ0n) is 18.5. The van der Waals surface area contributed by atoms with E-state index >= 15 is 0 Å². The van der Waals surface area contributed by atoms with Crippen LogP contribution < -0.4 is 19.5 Å². The lowest BCUT2D eigenvalue weighted by Crippen LogP contribution is -2.33. The van der Waals surface area contributed by atoms with Gasteiger partial charge in [0, 0.05) is 24.1 Å². The molecule has 4 rings (SSSR count). The van der Waals surface area contributed by atoms with Crippen molar-refractivity contribution in [2.24, 2.45) is 0 Å². The fourth-order valence-electron chi connectivity index (χ4n) is 3.79. The van der Waals surface area contributed by atoms with Gasteiger partial charge in [-0.3, -0.25) is 9.59 Å². The van der Waals surface area contributed by atoms with E-state index in [9.17, 15) is 23.5 Å². The number of nitrogens with one attached hydrogen (secondary N) is 1. The van der Waals surface area contributed by atoms with Crippen LogP contribution in [0.1, 0.15) is 33.8 Å². The van der Waals surface area contributed by atoms with Crippen LogP contribution in [0.3, 0.4) is 0 Å². The number of carboxylic acid groups (broad SMARTS) is 1. The number of carbonyl (C=O) groups is 2. The van der Waals surface area contributed by atoms with E-state index in [1.165, 1.54) is 12.1 Å². The molecule has 1 heterocycles. The van der Waals surface area contributed by atoms with Gasteiger partial charge in [-0.2, -0.15) is 8.78 Å². The minimum atomic E-state index is -2.87. The van der Waals surface area contributed by atoms with E-state index in [2.05, 4.69) is 10.1 Å². The van der Waals surface area contributed by atoms with E-state index in [1.54, 1.807) is 60.7 Å². The summed E-state index contributed by atoms with van der Waals surface area (Å²) in [5, 5.41) is 12.4. The van der Waals surface area contributed by atoms with Gasteiger partial charge >= 0.3 is 12.6 Å². The first-order valence-corrected chi connectivity index (χ1v) is 11.0. The number of aliphatic carboxylic acids is 1. The molecule has 3 aromatic carbocycles. The summed E-state index contributed by atoms with van der Waals surface area (Å²) < 4.78 is 40.4. The number of amides is 1. The van der Waals surface area contributed by atoms with E-state index in [1.807, 2.05) is 0 Å². The first-order chi connectivity index (χ1) is 16.9. The highest BCUT2D eigenvalue weighted by molar-refractivity contribution is 5.94. The zero-order chi connectivity index (χ0) is 24.8. The van der Waals surface area contributed by atoms with Crippen molar-refractivity contribution >= 4 is 11.9 Å². The molecule has 1 aliphatic heterocycles. The molecule has 0 saturated carbocycles. The molecule has 0 spiro atoms. The molecule has 0 bridgehead atoms. The van der Waals surface area contributed by atoms with Gasteiger partial charge in [0.05, 0.1) is 5.92 Å². The second-order valence-electron chi connectivity index (χ2n) is 7.88. The van der Waals surface area contributed by atoms with Crippen LogP contribution in [-0.2, 0) is 11.2 Å². The van der Waals surface area contributed by atoms with Crippen LogP contribution in [-0.4, -0.2) is 36.4 Å². The number of hydrogen-bond donors (Lipinski definition) is 2. The molecule has 182 valence electrons. The molecule has 2 N–H and O–H groups in total. The number of ether oxygens (including phenoxy) is 3. The normalized spacial score (nSPS) is 16.7. The van der Waals surface area contributed by atoms with Gasteiger partial charge in [0.2, 0.25) is 6.29 Å². The Morgan fingerprint density at radius 2 is 1.69 bits per heavy atom. The Balaban J connectivity index is 1.28. The van der Waals surface area contributed by atoms with Gasteiger partial charge in [-0.15, -0.1) is 0 Å². The quantitative estimate of drug-likeness (QED) is 0.462. The van der Waals surface area contributed by atoms with Gasteiger partial charge in [-0.25, -0.2) is 0 Å². The summed E-state index contributed by atoms with van der Waals surface area (Å²) in [5.41, 5.74) is 1.91. The Morgan fingerprint density at radius 1 is 1.00 bits per heavy atom. The average Bonchev–Trinajstić information content (AvgIpc) is 2.84. The molecular formula is C26H23F2NO6. The van der Waals surface area contributed by atoms with Gasteiger partial charge < -0.3 is 24.6 Å². The Kier molecular flexibility index (Phi) is 7.45. The first-order valence-electron chi connectivity index (χ1n) is 11.0. The van der Waals surface area contributed by atoms with Crippen molar-refractivity contribution in [1.29, 1.82) is 0 Å². The summed E-state index contributed by atoms with van der Waals surface area (Å²) in [7, 11) is 0. The predicted octanol–water partition coefficient (Wildman–Crippen LogP) is 4.62. The third-order valence-corrected chi connectivity index (χ3v) is 5.51. The molecule has 2 atom stereocenters. The zero-order valence-corrected chi connectivity index (χ0v) is 18.5. The van der Waals surface area contributed by atoms with Gasteiger partial charge in [-0.05, 0) is 54.4 Å². The van der Waals surface area contributed by atoms with Gasteiger partial charge in [0.25, 0.3) is 5.91 Å². The van der Waals surface area contributed by atoms with Gasteiger partial charge in [0.15, 0.2) is 0 Å². The minimum Gasteiger partial charge on any atom is -0.481 e. The lowest BCUT2D eigenvalue weighted by atomic mass is 9.92. The number of para-hydroxylation sites is 1. The highest BCUT2D eigenvalue weighted by atomic mass is 19.3. The number of hydrogen-bond acceptors (Lipinski definition) is 5. The van der Waals surface area contributed by atoms with Crippen molar-refractivity contribution in [3.8, 4) is 17.2 Å². The van der Waals surface area contributed by atoms with Crippen molar-refractivity contribution in [1.82, 2.24) is 5.32 Å². The molecular weight excluding hydrogens is 460 g/mol. The van der Waals surface area contributed by atoms with Crippen LogP contribution in [0.5, 0.6) is 17.2 Å². The molecule has 0 aliphatic carbocycles. The van der Waals surface area contributed by atoms with E-state index in [0.29, 0.717) is 35.6 Å². The summed E-state index contributed by atoms with van der Waals surface area (Å²) in [4.78, 5) is 24.1. The standard InChI is InChI=1S/C26H23F2NO6/c27-26(28)34-19-9-5-16(6-10-19)13-14-29-24(30)17-7-11-18(12-8-17)33-23-15-21(25(31)32)20-3-1-2-4-22(20)35-23/h1-12,21,23,26H,13-15H2,(H,29,30)(H,31,32). The monoisotopic (exact) mass is 483 g/mol. The Morgan fingerprint density at radius 3 is 2.37 bits per heavy atom. The molecule has 0 saturated heterocycles.